The van der Waals surface area contributed by atoms with Gasteiger partial charge in [0.15, 0.2) is 6.04 Å². The maximum Gasteiger partial charge on any atom is 0.337 e. The van der Waals surface area contributed by atoms with Gasteiger partial charge in [0.2, 0.25) is 5.90 Å². The van der Waals surface area contributed by atoms with Gasteiger partial charge in [-0.1, -0.05) is 12.1 Å². The molecule has 19 heavy (non-hydrogen) atoms. The van der Waals surface area contributed by atoms with E-state index in [1.54, 1.807) is 0 Å². The van der Waals surface area contributed by atoms with E-state index in [9.17, 15) is 13.2 Å². The van der Waals surface area contributed by atoms with Crippen LogP contribution in [0.25, 0.3) is 0 Å². The van der Waals surface area contributed by atoms with Crippen LogP contribution in [0.4, 0.5) is 0 Å². The average Bonchev–Trinajstić information content (AvgIpc) is 2.70. The number of benzene rings is 1. The van der Waals surface area contributed by atoms with Gasteiger partial charge in [-0.2, -0.15) is 8.42 Å². The third kappa shape index (κ3) is 3.16. The molecule has 3 N–H and O–H groups in total. The van der Waals surface area contributed by atoms with E-state index >= 15 is 0 Å². The number of aliphatic imine (C=N–C) groups is 1. The first kappa shape index (κ1) is 13.7. The molecule has 0 spiro atoms. The standard InChI is InChI=1S/C11H12N2O5S/c12-6-10-13-9(11(14)18-10)5-7-1-3-8(4-2-7)19(15,16)17/h1-4,9H,5-6,12H2,(H,15,16,17). The van der Waals surface area contributed by atoms with Crippen molar-refractivity contribution >= 4 is 22.0 Å². The Kier molecular flexibility index (Phi) is 3.65. The molecule has 8 heteroatoms. The van der Waals surface area contributed by atoms with E-state index in [4.69, 9.17) is 15.0 Å². The number of esters is 1. The van der Waals surface area contributed by atoms with Gasteiger partial charge in [0, 0.05) is 6.42 Å². The summed E-state index contributed by atoms with van der Waals surface area (Å²) in [6.45, 7) is 0.0595. The van der Waals surface area contributed by atoms with Gasteiger partial charge in [-0.15, -0.1) is 0 Å². The quantitative estimate of drug-likeness (QED) is 0.581. The SMILES string of the molecule is NCC1=NC(Cc2ccc(S(=O)(=O)O)cc2)C(=O)O1. The molecular weight excluding hydrogens is 272 g/mol. The lowest BCUT2D eigenvalue weighted by Crippen LogP contribution is -2.19. The molecule has 1 aromatic rings. The fraction of sp³-hybridized carbons (Fsp3) is 0.273. The second kappa shape index (κ2) is 5.08. The van der Waals surface area contributed by atoms with Gasteiger partial charge in [0.05, 0.1) is 11.4 Å². The first-order valence-electron chi connectivity index (χ1n) is 5.45. The highest BCUT2D eigenvalue weighted by atomic mass is 32.2. The first-order chi connectivity index (χ1) is 8.90. The Hall–Kier alpha value is -1.77. The molecule has 0 aliphatic carbocycles. The van der Waals surface area contributed by atoms with Gasteiger partial charge < -0.3 is 10.5 Å². The highest BCUT2D eigenvalue weighted by molar-refractivity contribution is 7.85. The van der Waals surface area contributed by atoms with Crippen molar-refractivity contribution in [2.24, 2.45) is 10.7 Å². The van der Waals surface area contributed by atoms with E-state index in [1.807, 2.05) is 0 Å². The van der Waals surface area contributed by atoms with Gasteiger partial charge in [-0.3, -0.25) is 4.55 Å². The number of carbonyl (C=O) groups excluding carboxylic acids is 1. The Labute approximate surface area is 109 Å². The molecule has 0 bridgehead atoms. The minimum atomic E-state index is -4.21. The predicted octanol–water partition coefficient (Wildman–Crippen LogP) is -0.242. The van der Waals surface area contributed by atoms with Gasteiger partial charge in [0.25, 0.3) is 10.1 Å². The number of rotatable bonds is 4. The third-order valence-corrected chi connectivity index (χ3v) is 3.48. The van der Waals surface area contributed by atoms with Crippen LogP contribution in [0, 0.1) is 0 Å². The van der Waals surface area contributed by atoms with Crippen molar-refractivity contribution in [2.45, 2.75) is 17.4 Å². The number of nitrogens with two attached hydrogens (primary N) is 1. The van der Waals surface area contributed by atoms with Crippen molar-refractivity contribution in [1.29, 1.82) is 0 Å². The molecule has 0 saturated carbocycles. The Morgan fingerprint density at radius 2 is 1.95 bits per heavy atom. The van der Waals surface area contributed by atoms with E-state index in [1.165, 1.54) is 24.3 Å². The zero-order chi connectivity index (χ0) is 14.0. The molecule has 1 aromatic carbocycles. The van der Waals surface area contributed by atoms with Crippen LogP contribution in [-0.2, 0) is 26.1 Å². The highest BCUT2D eigenvalue weighted by Crippen LogP contribution is 2.15. The van der Waals surface area contributed by atoms with Gasteiger partial charge in [-0.05, 0) is 17.7 Å². The van der Waals surface area contributed by atoms with Crippen molar-refractivity contribution in [3.63, 3.8) is 0 Å². The first-order valence-corrected chi connectivity index (χ1v) is 6.89. The lowest BCUT2D eigenvalue weighted by Gasteiger charge is -2.04. The van der Waals surface area contributed by atoms with Crippen molar-refractivity contribution in [1.82, 2.24) is 0 Å². The summed E-state index contributed by atoms with van der Waals surface area (Å²) in [5.41, 5.74) is 6.02. The van der Waals surface area contributed by atoms with Crippen LogP contribution in [0.15, 0.2) is 34.2 Å². The minimum Gasteiger partial charge on any atom is -0.409 e. The molecule has 1 aliphatic rings. The Balaban J connectivity index is 2.13. The minimum absolute atomic E-state index is 0.0595. The van der Waals surface area contributed by atoms with Crippen molar-refractivity contribution in [3.05, 3.63) is 29.8 Å². The number of cyclic esters (lactones) is 1. The Morgan fingerprint density at radius 1 is 1.32 bits per heavy atom. The molecule has 0 amide bonds. The van der Waals surface area contributed by atoms with Crippen LogP contribution in [0.2, 0.25) is 0 Å². The van der Waals surface area contributed by atoms with Crippen LogP contribution < -0.4 is 5.73 Å². The third-order valence-electron chi connectivity index (χ3n) is 2.62. The van der Waals surface area contributed by atoms with Gasteiger partial charge >= 0.3 is 5.97 Å². The number of ether oxygens (including phenoxy) is 1. The summed E-state index contributed by atoms with van der Waals surface area (Å²) in [4.78, 5) is 15.3. The fourth-order valence-corrected chi connectivity index (χ4v) is 2.16. The summed E-state index contributed by atoms with van der Waals surface area (Å²) in [5.74, 6) is -0.274. The lowest BCUT2D eigenvalue weighted by atomic mass is 10.1. The summed E-state index contributed by atoms with van der Waals surface area (Å²) in [7, 11) is -4.21. The second-order valence-corrected chi connectivity index (χ2v) is 5.41. The smallest absolute Gasteiger partial charge is 0.337 e. The molecule has 1 aliphatic heterocycles. The summed E-state index contributed by atoms with van der Waals surface area (Å²) < 4.78 is 35.4. The number of carbonyl (C=O) groups is 1. The Morgan fingerprint density at radius 3 is 2.42 bits per heavy atom. The molecule has 0 saturated heterocycles. The summed E-state index contributed by atoms with van der Waals surface area (Å²) in [6.07, 6.45) is 0.286. The Bertz CT molecular complexity index is 621. The molecule has 1 unspecified atom stereocenters. The van der Waals surface area contributed by atoms with E-state index in [-0.39, 0.29) is 23.8 Å². The van der Waals surface area contributed by atoms with Gasteiger partial charge in [0.1, 0.15) is 0 Å². The summed E-state index contributed by atoms with van der Waals surface area (Å²) in [6, 6.07) is 4.88. The largest absolute Gasteiger partial charge is 0.409 e. The van der Waals surface area contributed by atoms with E-state index < -0.39 is 22.1 Å². The zero-order valence-corrected chi connectivity index (χ0v) is 10.6. The lowest BCUT2D eigenvalue weighted by molar-refractivity contribution is -0.135. The number of nitrogens with zero attached hydrogens (tertiary/aromatic N) is 1. The summed E-state index contributed by atoms with van der Waals surface area (Å²) >= 11 is 0. The molecule has 7 nitrogen and oxygen atoms in total. The van der Waals surface area contributed by atoms with Crippen LogP contribution in [0.3, 0.4) is 0 Å². The highest BCUT2D eigenvalue weighted by Gasteiger charge is 2.28. The van der Waals surface area contributed by atoms with E-state index in [0.717, 1.165) is 0 Å². The number of hydrogen-bond acceptors (Lipinski definition) is 6. The van der Waals surface area contributed by atoms with Gasteiger partial charge in [-0.25, -0.2) is 9.79 Å². The van der Waals surface area contributed by atoms with E-state index in [0.29, 0.717) is 5.56 Å². The van der Waals surface area contributed by atoms with Crippen molar-refractivity contribution in [2.75, 3.05) is 6.54 Å². The van der Waals surface area contributed by atoms with Crippen LogP contribution in [0.5, 0.6) is 0 Å². The molecular formula is C11H12N2O5S. The van der Waals surface area contributed by atoms with Crippen molar-refractivity contribution < 1.29 is 22.5 Å². The molecule has 0 aromatic heterocycles. The maximum absolute atomic E-state index is 11.4. The van der Waals surface area contributed by atoms with Crippen LogP contribution in [0.1, 0.15) is 5.56 Å². The monoisotopic (exact) mass is 284 g/mol. The number of hydrogen-bond donors (Lipinski definition) is 2. The fourth-order valence-electron chi connectivity index (χ4n) is 1.68. The normalized spacial score (nSPS) is 19.2. The maximum atomic E-state index is 11.4. The molecule has 1 atom stereocenters. The molecule has 1 heterocycles. The predicted molar refractivity (Wildman–Crippen MR) is 66.3 cm³/mol. The molecule has 0 radical (unpaired) electrons. The van der Waals surface area contributed by atoms with Crippen LogP contribution >= 0.6 is 0 Å². The topological polar surface area (TPSA) is 119 Å². The average molecular weight is 284 g/mol. The molecule has 2 rings (SSSR count). The summed E-state index contributed by atoms with van der Waals surface area (Å²) in [5, 5.41) is 0. The van der Waals surface area contributed by atoms with E-state index in [2.05, 4.69) is 4.99 Å². The van der Waals surface area contributed by atoms with Crippen LogP contribution in [-0.4, -0.2) is 37.4 Å². The van der Waals surface area contributed by atoms with Crippen molar-refractivity contribution in [3.8, 4) is 0 Å². The zero-order valence-electron chi connectivity index (χ0n) is 9.81. The second-order valence-electron chi connectivity index (χ2n) is 3.99. The molecule has 0 fully saturated rings. The molecule has 102 valence electrons.